The van der Waals surface area contributed by atoms with Crippen molar-refractivity contribution in [1.82, 2.24) is 19.8 Å². The van der Waals surface area contributed by atoms with Crippen molar-refractivity contribution in [3.8, 4) is 12.1 Å². The van der Waals surface area contributed by atoms with Crippen LogP contribution in [0.25, 0.3) is 0 Å². The smallest absolute Gasteiger partial charge is 0.318 e. The Morgan fingerprint density at radius 1 is 1.23 bits per heavy atom. The van der Waals surface area contributed by atoms with Crippen molar-refractivity contribution in [2.45, 2.75) is 62.2 Å². The number of ether oxygens (including phenoxy) is 1. The molecule has 3 aliphatic carbocycles. The van der Waals surface area contributed by atoms with Crippen molar-refractivity contribution in [3.05, 3.63) is 58.0 Å². The molecular weight excluding hydrogens is 574 g/mol. The van der Waals surface area contributed by atoms with E-state index in [9.17, 15) is 14.4 Å². The van der Waals surface area contributed by atoms with Gasteiger partial charge in [0.25, 0.3) is 5.91 Å². The van der Waals surface area contributed by atoms with Crippen molar-refractivity contribution in [2.75, 3.05) is 44.7 Å². The van der Waals surface area contributed by atoms with Gasteiger partial charge in [-0.3, -0.25) is 9.69 Å². The molecule has 6 atom stereocenters. The summed E-state index contributed by atoms with van der Waals surface area (Å²) in [5.41, 5.74) is 2.32. The van der Waals surface area contributed by atoms with Crippen LogP contribution in [-0.4, -0.2) is 77.6 Å². The molecule has 2 aromatic rings. The van der Waals surface area contributed by atoms with E-state index in [0.717, 1.165) is 29.2 Å². The standard InChI is InChI=1S/C32H35ClF2N6O2/c1-18(34)30(42)41-13-12-40(16-20(41)8-11-36)29-22-7-10-32(9-6-21-24(32)4-3-5-25(21)33)28(35)27(22)37-31(38-29)43-17-26-23-14-19(23)15-39(26)2/h3-5,19-20,23,26,28H,1,6-10,12-17H2,2H3/t19-,20-,23-,26+,28-,32+/m0/s1. The Hall–Kier alpha value is -3.29. The Morgan fingerprint density at radius 3 is 2.74 bits per heavy atom. The lowest BCUT2D eigenvalue weighted by molar-refractivity contribution is -0.131. The van der Waals surface area contributed by atoms with Gasteiger partial charge in [-0.2, -0.15) is 15.2 Å². The lowest BCUT2D eigenvalue weighted by Crippen LogP contribution is -2.55. The van der Waals surface area contributed by atoms with Crippen LogP contribution in [-0.2, 0) is 23.1 Å². The lowest BCUT2D eigenvalue weighted by Gasteiger charge is -2.43. The fourth-order valence-electron chi connectivity index (χ4n) is 8.21. The second-order valence-electron chi connectivity index (χ2n) is 12.8. The average Bonchev–Trinajstić information content (AvgIpc) is 3.53. The Labute approximate surface area is 255 Å². The van der Waals surface area contributed by atoms with Gasteiger partial charge in [-0.25, -0.2) is 8.78 Å². The second-order valence-corrected chi connectivity index (χ2v) is 13.2. The number of alkyl halides is 1. The number of halogens is 3. The molecule has 0 unspecified atom stereocenters. The third kappa shape index (κ3) is 4.67. The van der Waals surface area contributed by atoms with Crippen LogP contribution in [0.4, 0.5) is 14.6 Å². The predicted octanol–water partition coefficient (Wildman–Crippen LogP) is 4.71. The Balaban J connectivity index is 1.25. The molecule has 226 valence electrons. The largest absolute Gasteiger partial charge is 0.462 e. The monoisotopic (exact) mass is 608 g/mol. The van der Waals surface area contributed by atoms with Gasteiger partial charge in [0.05, 0.1) is 24.2 Å². The summed E-state index contributed by atoms with van der Waals surface area (Å²) in [6.07, 6.45) is 2.37. The number of anilines is 1. The van der Waals surface area contributed by atoms with Crippen LogP contribution < -0.4 is 9.64 Å². The van der Waals surface area contributed by atoms with E-state index in [-0.39, 0.29) is 31.6 Å². The maximum Gasteiger partial charge on any atom is 0.318 e. The van der Waals surface area contributed by atoms with Gasteiger partial charge in [-0.1, -0.05) is 30.3 Å². The molecule has 5 aliphatic rings. The fraction of sp³-hybridized carbons (Fsp3) is 0.562. The number of benzene rings is 1. The highest BCUT2D eigenvalue weighted by Crippen LogP contribution is 2.57. The Morgan fingerprint density at radius 2 is 2.02 bits per heavy atom. The number of hydrogen-bond acceptors (Lipinski definition) is 7. The molecule has 3 heterocycles. The minimum absolute atomic E-state index is 0.0229. The fourth-order valence-corrected chi connectivity index (χ4v) is 8.48. The summed E-state index contributed by atoms with van der Waals surface area (Å²) in [7, 11) is 2.10. The zero-order chi connectivity index (χ0) is 30.0. The van der Waals surface area contributed by atoms with Crippen LogP contribution in [0.1, 0.15) is 54.2 Å². The van der Waals surface area contributed by atoms with E-state index >= 15 is 4.39 Å². The zero-order valence-corrected chi connectivity index (χ0v) is 25.0. The molecule has 8 nitrogen and oxygen atoms in total. The van der Waals surface area contributed by atoms with Gasteiger partial charge >= 0.3 is 6.01 Å². The molecule has 1 spiro atoms. The van der Waals surface area contributed by atoms with E-state index in [1.807, 2.05) is 23.1 Å². The summed E-state index contributed by atoms with van der Waals surface area (Å²) in [4.78, 5) is 27.8. The van der Waals surface area contributed by atoms with Crippen molar-refractivity contribution in [1.29, 1.82) is 5.26 Å². The Kier molecular flexibility index (Phi) is 7.09. The molecule has 0 N–H and O–H groups in total. The first-order valence-electron chi connectivity index (χ1n) is 15.1. The summed E-state index contributed by atoms with van der Waals surface area (Å²) >= 11 is 6.54. The van der Waals surface area contributed by atoms with Crippen molar-refractivity contribution in [3.63, 3.8) is 0 Å². The van der Waals surface area contributed by atoms with Crippen LogP contribution >= 0.6 is 11.6 Å². The van der Waals surface area contributed by atoms with Crippen LogP contribution in [0.2, 0.25) is 5.02 Å². The van der Waals surface area contributed by atoms with E-state index in [0.29, 0.717) is 61.3 Å². The van der Waals surface area contributed by atoms with E-state index in [4.69, 9.17) is 26.3 Å². The number of likely N-dealkylation sites (N-methyl/N-ethyl adjacent to an activating group) is 1. The molecule has 2 saturated heterocycles. The molecule has 1 aromatic heterocycles. The summed E-state index contributed by atoms with van der Waals surface area (Å²) in [6.45, 7) is 5.43. The number of amides is 1. The molecule has 3 fully saturated rings. The number of carbonyl (C=O) groups excluding carboxylic acids is 1. The van der Waals surface area contributed by atoms with E-state index in [2.05, 4.69) is 24.6 Å². The number of aromatic nitrogens is 2. The number of piperidine rings is 1. The molecule has 2 aliphatic heterocycles. The van der Waals surface area contributed by atoms with Gasteiger partial charge in [-0.05, 0) is 68.2 Å². The van der Waals surface area contributed by atoms with Gasteiger partial charge in [0.15, 0.2) is 12.0 Å². The number of piperazine rings is 1. The van der Waals surface area contributed by atoms with Crippen LogP contribution in [0.15, 0.2) is 30.6 Å². The normalized spacial score (nSPS) is 30.9. The number of likely N-dealkylation sites (tertiary alicyclic amines) is 1. The number of nitriles is 1. The molecule has 43 heavy (non-hydrogen) atoms. The first-order chi connectivity index (χ1) is 20.7. The highest BCUT2D eigenvalue weighted by atomic mass is 35.5. The summed E-state index contributed by atoms with van der Waals surface area (Å²) in [5, 5.41) is 10.2. The highest BCUT2D eigenvalue weighted by molar-refractivity contribution is 6.31. The van der Waals surface area contributed by atoms with Crippen molar-refractivity contribution in [2.24, 2.45) is 11.8 Å². The minimum atomic E-state index is -1.38. The molecule has 0 radical (unpaired) electrons. The molecule has 1 amide bonds. The number of nitrogens with zero attached hydrogens (tertiary/aromatic N) is 6. The molecule has 1 aromatic carbocycles. The summed E-state index contributed by atoms with van der Waals surface area (Å²) < 4.78 is 37.1. The van der Waals surface area contributed by atoms with Crippen molar-refractivity contribution < 1.29 is 18.3 Å². The maximum absolute atomic E-state index is 17.0. The minimum Gasteiger partial charge on any atom is -0.462 e. The van der Waals surface area contributed by atoms with Gasteiger partial charge in [0.2, 0.25) is 0 Å². The molecular formula is C32H35ClF2N6O2. The predicted molar refractivity (Wildman–Crippen MR) is 157 cm³/mol. The first-order valence-corrected chi connectivity index (χ1v) is 15.5. The Bertz CT molecular complexity index is 1530. The average molecular weight is 609 g/mol. The van der Waals surface area contributed by atoms with E-state index in [1.54, 1.807) is 0 Å². The highest BCUT2D eigenvalue weighted by Gasteiger charge is 2.53. The molecule has 7 rings (SSSR count). The molecule has 11 heteroatoms. The maximum atomic E-state index is 17.0. The van der Waals surface area contributed by atoms with Gasteiger partial charge < -0.3 is 14.5 Å². The first kappa shape index (κ1) is 28.5. The number of rotatable bonds is 6. The summed E-state index contributed by atoms with van der Waals surface area (Å²) in [5.74, 6) is 0.0434. The third-order valence-corrected chi connectivity index (χ3v) is 10.9. The second kappa shape index (κ2) is 10.7. The third-order valence-electron chi connectivity index (χ3n) is 10.6. The number of hydrogen-bond donors (Lipinski definition) is 0. The lowest BCUT2D eigenvalue weighted by atomic mass is 9.68. The van der Waals surface area contributed by atoms with E-state index in [1.165, 1.54) is 11.3 Å². The topological polar surface area (TPSA) is 85.6 Å². The number of carbonyl (C=O) groups is 1. The SMILES string of the molecule is C=C(F)C(=O)N1CCN(c2nc(OC[C@@H]3[C@H]4C[C@H]4CN3C)nc3c2CC[C@@]2(CCc4c(Cl)cccc42)[C@H]3F)C[C@@H]1CC#N. The molecule has 0 bridgehead atoms. The van der Waals surface area contributed by atoms with E-state index < -0.39 is 29.4 Å². The quantitative estimate of drug-likeness (QED) is 0.439. The van der Waals surface area contributed by atoms with Gasteiger partial charge in [-0.15, -0.1) is 0 Å². The summed E-state index contributed by atoms with van der Waals surface area (Å²) in [6, 6.07) is 7.72. The van der Waals surface area contributed by atoms with Gasteiger partial charge in [0, 0.05) is 48.2 Å². The van der Waals surface area contributed by atoms with Crippen LogP contribution in [0, 0.1) is 23.2 Å². The molecule has 1 saturated carbocycles. The zero-order valence-electron chi connectivity index (χ0n) is 24.2. The van der Waals surface area contributed by atoms with Crippen LogP contribution in [0.5, 0.6) is 6.01 Å². The number of fused-ring (bicyclic) bond motifs is 4. The van der Waals surface area contributed by atoms with Crippen molar-refractivity contribution >= 4 is 23.3 Å². The van der Waals surface area contributed by atoms with Gasteiger partial charge in [0.1, 0.15) is 12.4 Å². The van der Waals surface area contributed by atoms with Crippen LogP contribution in [0.3, 0.4) is 0 Å².